The van der Waals surface area contributed by atoms with Crippen molar-refractivity contribution < 1.29 is 4.58 Å². The van der Waals surface area contributed by atoms with Crippen LogP contribution in [0.4, 0.5) is 0 Å². The Morgan fingerprint density at radius 3 is 2.93 bits per heavy atom. The largest absolute Gasteiger partial charge is 0.288 e. The fourth-order valence-corrected chi connectivity index (χ4v) is 1.18. The Bertz CT molecular complexity index is 402. The number of nitriles is 1. The van der Waals surface area contributed by atoms with Crippen molar-refractivity contribution >= 4 is 17.4 Å². The van der Waals surface area contributed by atoms with E-state index in [1.807, 2.05) is 30.8 Å². The summed E-state index contributed by atoms with van der Waals surface area (Å²) >= 11 is 5.68. The molecule has 0 saturated heterocycles. The number of nitrogens with zero attached hydrogens (tertiary/aromatic N) is 3. The van der Waals surface area contributed by atoms with E-state index in [4.69, 9.17) is 16.9 Å². The Morgan fingerprint density at radius 1 is 1.67 bits per heavy atom. The first-order chi connectivity index (χ1) is 7.13. The molecule has 0 saturated carbocycles. The molecule has 0 atom stereocenters. The van der Waals surface area contributed by atoms with Crippen molar-refractivity contribution in [1.82, 2.24) is 10.3 Å². The molecule has 1 rings (SSSR count). The van der Waals surface area contributed by atoms with E-state index in [0.717, 1.165) is 11.4 Å². The number of pyridine rings is 1. The topological polar surface area (TPSA) is 51.7 Å². The number of hydrogen-bond acceptors (Lipinski definition) is 2. The van der Waals surface area contributed by atoms with Gasteiger partial charge in [-0.15, -0.1) is 5.26 Å². The number of halogens is 1. The summed E-state index contributed by atoms with van der Waals surface area (Å²) in [5, 5.41) is 11.5. The maximum atomic E-state index is 8.45. The van der Waals surface area contributed by atoms with Gasteiger partial charge in [-0.05, 0) is 6.07 Å². The van der Waals surface area contributed by atoms with E-state index in [0.29, 0.717) is 11.7 Å². The molecule has 4 nitrogen and oxygen atoms in total. The van der Waals surface area contributed by atoms with Gasteiger partial charge in [-0.3, -0.25) is 4.58 Å². The van der Waals surface area contributed by atoms with Gasteiger partial charge < -0.3 is 0 Å². The first-order valence-electron chi connectivity index (χ1n) is 4.43. The third-order valence-corrected chi connectivity index (χ3v) is 2.24. The molecule has 0 bridgehead atoms. The lowest BCUT2D eigenvalue weighted by atomic mass is 10.3. The lowest BCUT2D eigenvalue weighted by molar-refractivity contribution is -0.516. The molecule has 0 radical (unpaired) electrons. The van der Waals surface area contributed by atoms with Gasteiger partial charge in [0.15, 0.2) is 0 Å². The minimum atomic E-state index is 0.484. The highest BCUT2D eigenvalue weighted by molar-refractivity contribution is 6.29. The first-order valence-corrected chi connectivity index (χ1v) is 4.81. The van der Waals surface area contributed by atoms with Crippen LogP contribution >= 0.6 is 11.6 Å². The van der Waals surface area contributed by atoms with Gasteiger partial charge in [-0.2, -0.15) is 5.32 Å². The molecule has 1 N–H and O–H groups in total. The van der Waals surface area contributed by atoms with E-state index >= 15 is 0 Å². The summed E-state index contributed by atoms with van der Waals surface area (Å²) in [5.74, 6) is 0.799. The molecule has 5 heteroatoms. The van der Waals surface area contributed by atoms with Crippen LogP contribution in [0.1, 0.15) is 12.5 Å². The Hall–Kier alpha value is -1.60. The highest BCUT2D eigenvalue weighted by atomic mass is 35.5. The second kappa shape index (κ2) is 5.32. The maximum Gasteiger partial charge on any atom is 0.288 e. The van der Waals surface area contributed by atoms with Crippen LogP contribution in [0.3, 0.4) is 0 Å². The summed E-state index contributed by atoms with van der Waals surface area (Å²) in [6, 6.07) is 3.66. The predicted molar refractivity (Wildman–Crippen MR) is 58.6 cm³/mol. The average Bonchev–Trinajstić information content (AvgIpc) is 2.22. The van der Waals surface area contributed by atoms with Crippen LogP contribution in [0.25, 0.3) is 0 Å². The number of nitrogens with one attached hydrogen (secondary N) is 1. The van der Waals surface area contributed by atoms with Gasteiger partial charge >= 0.3 is 0 Å². The molecular formula is C10H12ClN4+. The number of hydrogen-bond donors (Lipinski definition) is 1. The zero-order valence-corrected chi connectivity index (χ0v) is 9.41. The van der Waals surface area contributed by atoms with E-state index in [1.54, 1.807) is 12.3 Å². The van der Waals surface area contributed by atoms with Gasteiger partial charge in [0.25, 0.3) is 12.0 Å². The van der Waals surface area contributed by atoms with Crippen LogP contribution in [0, 0.1) is 11.5 Å². The minimum absolute atomic E-state index is 0.484. The molecule has 0 aliphatic carbocycles. The van der Waals surface area contributed by atoms with Crippen molar-refractivity contribution in [1.29, 1.82) is 5.26 Å². The molecule has 0 unspecified atom stereocenters. The van der Waals surface area contributed by atoms with Crippen molar-refractivity contribution in [3.05, 3.63) is 29.0 Å². The van der Waals surface area contributed by atoms with Gasteiger partial charge in [-0.25, -0.2) is 4.98 Å². The fourth-order valence-electron chi connectivity index (χ4n) is 1.07. The van der Waals surface area contributed by atoms with E-state index in [2.05, 4.69) is 10.3 Å². The van der Waals surface area contributed by atoms with Crippen LogP contribution in [0.15, 0.2) is 18.3 Å². The molecular weight excluding hydrogens is 212 g/mol. The monoisotopic (exact) mass is 223 g/mol. The SMILES string of the molecule is CC(NC#N)=[N+](C)Cc1ccc(Cl)nc1. The summed E-state index contributed by atoms with van der Waals surface area (Å²) in [4.78, 5) is 3.98. The van der Waals surface area contributed by atoms with Crippen molar-refractivity contribution in [2.75, 3.05) is 7.05 Å². The summed E-state index contributed by atoms with van der Waals surface area (Å²) in [5.41, 5.74) is 1.04. The van der Waals surface area contributed by atoms with Crippen LogP contribution in [-0.2, 0) is 6.54 Å². The zero-order valence-electron chi connectivity index (χ0n) is 8.66. The van der Waals surface area contributed by atoms with Crippen LogP contribution in [0.2, 0.25) is 5.15 Å². The maximum absolute atomic E-state index is 8.45. The van der Waals surface area contributed by atoms with Crippen LogP contribution in [-0.4, -0.2) is 22.4 Å². The van der Waals surface area contributed by atoms with Crippen molar-refractivity contribution in [2.24, 2.45) is 0 Å². The Labute approximate surface area is 93.8 Å². The molecule has 1 aromatic rings. The summed E-state index contributed by atoms with van der Waals surface area (Å²) < 4.78 is 1.92. The molecule has 0 spiro atoms. The van der Waals surface area contributed by atoms with Gasteiger partial charge in [-0.1, -0.05) is 17.7 Å². The molecule has 0 aromatic carbocycles. The Balaban J connectivity index is 2.74. The number of aromatic nitrogens is 1. The van der Waals surface area contributed by atoms with E-state index in [1.165, 1.54) is 0 Å². The van der Waals surface area contributed by atoms with E-state index in [9.17, 15) is 0 Å². The lowest BCUT2D eigenvalue weighted by Crippen LogP contribution is -2.25. The first kappa shape index (κ1) is 11.5. The second-order valence-electron chi connectivity index (χ2n) is 3.17. The molecule has 0 aliphatic rings. The molecule has 78 valence electrons. The van der Waals surface area contributed by atoms with Crippen molar-refractivity contribution in [3.8, 4) is 6.19 Å². The molecule has 0 amide bonds. The van der Waals surface area contributed by atoms with Gasteiger partial charge in [0.2, 0.25) is 0 Å². The van der Waals surface area contributed by atoms with Crippen LogP contribution < -0.4 is 5.32 Å². The predicted octanol–water partition coefficient (Wildman–Crippen LogP) is 1.37. The number of amidine groups is 1. The second-order valence-corrected chi connectivity index (χ2v) is 3.55. The summed E-state index contributed by atoms with van der Waals surface area (Å²) in [6.07, 6.45) is 3.60. The molecule has 1 heterocycles. The standard InChI is InChI=1S/C10H11ClN4/c1-8(14-7-12)15(2)6-9-3-4-10(11)13-5-9/h3-5H,6H2,1-2H3/p+1. The molecule has 0 aliphatic heterocycles. The van der Waals surface area contributed by atoms with Gasteiger partial charge in [0, 0.05) is 18.7 Å². The normalized spacial score (nSPS) is 11.6. The van der Waals surface area contributed by atoms with Crippen molar-refractivity contribution in [3.63, 3.8) is 0 Å². The third-order valence-electron chi connectivity index (χ3n) is 2.02. The quantitative estimate of drug-likeness (QED) is 0.206. The molecule has 0 fully saturated rings. The lowest BCUT2D eigenvalue weighted by Gasteiger charge is -2.03. The van der Waals surface area contributed by atoms with Crippen molar-refractivity contribution in [2.45, 2.75) is 13.5 Å². The van der Waals surface area contributed by atoms with Crippen LogP contribution in [0.5, 0.6) is 0 Å². The summed E-state index contributed by atoms with van der Waals surface area (Å²) in [6.45, 7) is 2.53. The molecule has 1 aromatic heterocycles. The summed E-state index contributed by atoms with van der Waals surface area (Å²) in [7, 11) is 1.90. The minimum Gasteiger partial charge on any atom is -0.264 e. The highest BCUT2D eigenvalue weighted by Gasteiger charge is 2.03. The molecule has 15 heavy (non-hydrogen) atoms. The average molecular weight is 224 g/mol. The van der Waals surface area contributed by atoms with E-state index in [-0.39, 0.29) is 0 Å². The highest BCUT2D eigenvalue weighted by Crippen LogP contribution is 2.05. The van der Waals surface area contributed by atoms with Gasteiger partial charge in [0.05, 0.1) is 7.05 Å². The number of rotatable bonds is 2. The Morgan fingerprint density at radius 2 is 2.40 bits per heavy atom. The zero-order chi connectivity index (χ0) is 11.3. The smallest absolute Gasteiger partial charge is 0.264 e. The Kier molecular flexibility index (Phi) is 4.07. The van der Waals surface area contributed by atoms with E-state index < -0.39 is 0 Å². The third kappa shape index (κ3) is 3.56. The van der Waals surface area contributed by atoms with Gasteiger partial charge in [0.1, 0.15) is 11.7 Å². The fraction of sp³-hybridized carbons (Fsp3) is 0.300.